The maximum Gasteiger partial charge on any atom is 0.220 e. The molecule has 0 aliphatic carbocycles. The highest BCUT2D eigenvalue weighted by molar-refractivity contribution is 5.85. The van der Waals surface area contributed by atoms with E-state index in [2.05, 4.69) is 10.6 Å². The number of amides is 1. The molecule has 0 aliphatic heterocycles. The highest BCUT2D eigenvalue weighted by Crippen LogP contribution is 2.10. The number of hydrogen-bond acceptors (Lipinski definition) is 3. The summed E-state index contributed by atoms with van der Waals surface area (Å²) in [4.78, 5) is 11.6. The zero-order chi connectivity index (χ0) is 13.9. The first kappa shape index (κ1) is 18.9. The first-order valence-corrected chi connectivity index (χ1v) is 6.83. The fraction of sp³-hybridized carbons (Fsp3) is 0.533. The van der Waals surface area contributed by atoms with Crippen LogP contribution in [0.3, 0.4) is 0 Å². The molecule has 1 amide bonds. The van der Waals surface area contributed by atoms with Crippen molar-refractivity contribution in [2.75, 3.05) is 20.2 Å². The van der Waals surface area contributed by atoms with Crippen molar-refractivity contribution in [2.45, 2.75) is 32.9 Å². The first-order valence-electron chi connectivity index (χ1n) is 6.83. The lowest BCUT2D eigenvalue weighted by molar-refractivity contribution is -0.121. The average molecular weight is 301 g/mol. The number of ether oxygens (including phenoxy) is 1. The largest absolute Gasteiger partial charge is 0.377 e. The number of nitrogens with one attached hydrogen (secondary N) is 2. The summed E-state index contributed by atoms with van der Waals surface area (Å²) in [6, 6.07) is 8.05. The maximum atomic E-state index is 11.6. The molecule has 0 aromatic heterocycles. The van der Waals surface area contributed by atoms with Gasteiger partial charge in [0, 0.05) is 19.6 Å². The van der Waals surface area contributed by atoms with Crippen LogP contribution >= 0.6 is 12.4 Å². The van der Waals surface area contributed by atoms with Gasteiger partial charge in [-0.2, -0.15) is 0 Å². The van der Waals surface area contributed by atoms with Crippen molar-refractivity contribution in [1.29, 1.82) is 0 Å². The smallest absolute Gasteiger partial charge is 0.220 e. The molecule has 0 atom stereocenters. The number of benzene rings is 1. The Balaban J connectivity index is 0.00000361. The van der Waals surface area contributed by atoms with E-state index in [-0.39, 0.29) is 18.3 Å². The Kier molecular flexibility index (Phi) is 11.1. The molecule has 114 valence electrons. The lowest BCUT2D eigenvalue weighted by Crippen LogP contribution is -2.24. The minimum absolute atomic E-state index is 0. The Morgan fingerprint density at radius 2 is 1.95 bits per heavy atom. The predicted molar refractivity (Wildman–Crippen MR) is 84.0 cm³/mol. The van der Waals surface area contributed by atoms with Crippen molar-refractivity contribution in [1.82, 2.24) is 10.6 Å². The Morgan fingerprint density at radius 1 is 1.25 bits per heavy atom. The molecule has 1 rings (SSSR count). The zero-order valence-corrected chi connectivity index (χ0v) is 13.1. The zero-order valence-electron chi connectivity index (χ0n) is 12.3. The molecular weight excluding hydrogens is 276 g/mol. The van der Waals surface area contributed by atoms with Gasteiger partial charge in [-0.15, -0.1) is 12.4 Å². The Hall–Kier alpha value is -1.10. The van der Waals surface area contributed by atoms with E-state index in [0.29, 0.717) is 26.2 Å². The molecule has 1 aromatic carbocycles. The van der Waals surface area contributed by atoms with Crippen LogP contribution in [0.2, 0.25) is 0 Å². The van der Waals surface area contributed by atoms with E-state index in [1.54, 1.807) is 0 Å². The topological polar surface area (TPSA) is 50.4 Å². The number of rotatable bonds is 9. The van der Waals surface area contributed by atoms with Gasteiger partial charge in [0.15, 0.2) is 0 Å². The summed E-state index contributed by atoms with van der Waals surface area (Å²) in [5.41, 5.74) is 2.26. The summed E-state index contributed by atoms with van der Waals surface area (Å²) in [6.45, 7) is 4.72. The van der Waals surface area contributed by atoms with Gasteiger partial charge in [0.1, 0.15) is 0 Å². The van der Waals surface area contributed by atoms with Gasteiger partial charge in [0.2, 0.25) is 5.91 Å². The van der Waals surface area contributed by atoms with E-state index in [1.165, 1.54) is 0 Å². The number of hydrogen-bond donors (Lipinski definition) is 2. The molecule has 0 spiro atoms. The minimum atomic E-state index is 0. The predicted octanol–water partition coefficient (Wildman–Crippen LogP) is 2.26. The second kappa shape index (κ2) is 11.7. The molecule has 0 fully saturated rings. The van der Waals surface area contributed by atoms with E-state index in [0.717, 1.165) is 24.1 Å². The van der Waals surface area contributed by atoms with Crippen molar-refractivity contribution in [3.05, 3.63) is 35.4 Å². The monoisotopic (exact) mass is 300 g/mol. The van der Waals surface area contributed by atoms with Crippen molar-refractivity contribution >= 4 is 18.3 Å². The van der Waals surface area contributed by atoms with E-state index >= 15 is 0 Å². The quantitative estimate of drug-likeness (QED) is 0.688. The molecule has 0 radical (unpaired) electrons. The summed E-state index contributed by atoms with van der Waals surface area (Å²) in [6.07, 6.45) is 1.43. The molecule has 1 aromatic rings. The van der Waals surface area contributed by atoms with Crippen LogP contribution in [0.1, 0.15) is 30.9 Å². The normalized spacial score (nSPS) is 9.90. The lowest BCUT2D eigenvalue weighted by atomic mass is 10.1. The van der Waals surface area contributed by atoms with Crippen LogP contribution in [0.25, 0.3) is 0 Å². The molecule has 0 saturated heterocycles. The summed E-state index contributed by atoms with van der Waals surface area (Å²) in [5, 5.41) is 5.99. The van der Waals surface area contributed by atoms with Crippen LogP contribution in [0, 0.1) is 0 Å². The van der Waals surface area contributed by atoms with E-state index in [4.69, 9.17) is 4.74 Å². The van der Waals surface area contributed by atoms with E-state index in [1.807, 2.05) is 38.2 Å². The van der Waals surface area contributed by atoms with Crippen LogP contribution in [0.5, 0.6) is 0 Å². The van der Waals surface area contributed by atoms with Crippen molar-refractivity contribution in [3.63, 3.8) is 0 Å². The van der Waals surface area contributed by atoms with Gasteiger partial charge in [0.25, 0.3) is 0 Å². The van der Waals surface area contributed by atoms with Gasteiger partial charge in [-0.1, -0.05) is 24.3 Å². The second-order valence-electron chi connectivity index (χ2n) is 4.39. The fourth-order valence-corrected chi connectivity index (χ4v) is 1.79. The fourth-order valence-electron chi connectivity index (χ4n) is 1.79. The molecule has 0 aliphatic rings. The van der Waals surface area contributed by atoms with Crippen molar-refractivity contribution in [2.24, 2.45) is 0 Å². The van der Waals surface area contributed by atoms with Crippen LogP contribution in [-0.2, 0) is 22.7 Å². The molecule has 0 heterocycles. The molecule has 4 nitrogen and oxygen atoms in total. The van der Waals surface area contributed by atoms with Crippen LogP contribution < -0.4 is 10.6 Å². The molecule has 20 heavy (non-hydrogen) atoms. The first-order chi connectivity index (χ1) is 9.27. The van der Waals surface area contributed by atoms with Crippen LogP contribution in [-0.4, -0.2) is 26.1 Å². The number of carbonyl (C=O) groups excluding carboxylic acids is 1. The number of halogens is 1. The number of carbonyl (C=O) groups is 1. The van der Waals surface area contributed by atoms with Crippen molar-refractivity contribution < 1.29 is 9.53 Å². The summed E-state index contributed by atoms with van der Waals surface area (Å²) in [5.74, 6) is 0.0986. The molecule has 0 unspecified atom stereocenters. The van der Waals surface area contributed by atoms with Gasteiger partial charge in [-0.25, -0.2) is 0 Å². The van der Waals surface area contributed by atoms with Gasteiger partial charge in [0.05, 0.1) is 6.61 Å². The summed E-state index contributed by atoms with van der Waals surface area (Å²) < 4.78 is 5.43. The van der Waals surface area contributed by atoms with E-state index in [9.17, 15) is 4.79 Å². The van der Waals surface area contributed by atoms with Gasteiger partial charge in [-0.3, -0.25) is 4.79 Å². The molecule has 2 N–H and O–H groups in total. The molecule has 0 bridgehead atoms. The summed E-state index contributed by atoms with van der Waals surface area (Å²) >= 11 is 0. The Labute approximate surface area is 127 Å². The van der Waals surface area contributed by atoms with Gasteiger partial charge in [-0.05, 0) is 38.1 Å². The van der Waals surface area contributed by atoms with E-state index < -0.39 is 0 Å². The van der Waals surface area contributed by atoms with Gasteiger partial charge >= 0.3 is 0 Å². The molecule has 5 heteroatoms. The van der Waals surface area contributed by atoms with Gasteiger partial charge < -0.3 is 15.4 Å². The molecule has 0 saturated carbocycles. The highest BCUT2D eigenvalue weighted by atomic mass is 35.5. The third-order valence-electron chi connectivity index (χ3n) is 2.89. The van der Waals surface area contributed by atoms with Crippen molar-refractivity contribution in [3.8, 4) is 0 Å². The third-order valence-corrected chi connectivity index (χ3v) is 2.89. The van der Waals surface area contributed by atoms with Crippen LogP contribution in [0.15, 0.2) is 24.3 Å². The maximum absolute atomic E-state index is 11.6. The molecular formula is C15H25ClN2O2. The Bertz CT molecular complexity index is 386. The highest BCUT2D eigenvalue weighted by Gasteiger charge is 2.04. The Morgan fingerprint density at radius 3 is 2.60 bits per heavy atom. The average Bonchev–Trinajstić information content (AvgIpc) is 2.44. The SMILES string of the molecule is CCOCc1ccccc1CNC(=O)CCCNC.Cl. The van der Waals surface area contributed by atoms with Crippen LogP contribution in [0.4, 0.5) is 0 Å². The minimum Gasteiger partial charge on any atom is -0.377 e. The second-order valence-corrected chi connectivity index (χ2v) is 4.39. The third kappa shape index (κ3) is 7.48. The standard InChI is InChI=1S/C15H24N2O2.ClH/c1-3-19-12-14-8-5-4-7-13(14)11-17-15(18)9-6-10-16-2;/h4-5,7-8,16H,3,6,9-12H2,1-2H3,(H,17,18);1H. The summed E-state index contributed by atoms with van der Waals surface area (Å²) in [7, 11) is 1.89. The lowest BCUT2D eigenvalue weighted by Gasteiger charge is -2.10.